The van der Waals surface area contributed by atoms with E-state index in [0.29, 0.717) is 35.6 Å². The molecule has 0 radical (unpaired) electrons. The predicted molar refractivity (Wildman–Crippen MR) is 185 cm³/mol. The van der Waals surface area contributed by atoms with Gasteiger partial charge in [0, 0.05) is 36.8 Å². The monoisotopic (exact) mass is 703 g/mol. The van der Waals surface area contributed by atoms with Gasteiger partial charge in [0.05, 0.1) is 31.4 Å². The Balaban J connectivity index is 1.54. The van der Waals surface area contributed by atoms with E-state index in [-0.39, 0.29) is 41.8 Å². The lowest BCUT2D eigenvalue weighted by molar-refractivity contribution is 0.414. The average molecular weight is 704 g/mol. The van der Waals surface area contributed by atoms with Crippen molar-refractivity contribution in [3.63, 3.8) is 0 Å². The number of sulfone groups is 1. The van der Waals surface area contributed by atoms with E-state index in [4.69, 9.17) is 15.2 Å². The first kappa shape index (κ1) is 34.0. The van der Waals surface area contributed by atoms with Gasteiger partial charge in [0.1, 0.15) is 16.4 Å². The third kappa shape index (κ3) is 7.29. The van der Waals surface area contributed by atoms with E-state index in [2.05, 4.69) is 25.4 Å². The largest absolute Gasteiger partial charge is 0.497 e. The van der Waals surface area contributed by atoms with Gasteiger partial charge in [-0.1, -0.05) is 48.5 Å². The predicted octanol–water partition coefficient (Wildman–Crippen LogP) is 3.56. The molecule has 0 saturated heterocycles. The van der Waals surface area contributed by atoms with E-state index in [1.54, 1.807) is 37.4 Å². The van der Waals surface area contributed by atoms with Gasteiger partial charge in [-0.25, -0.2) is 21.6 Å². The minimum absolute atomic E-state index is 0.0193. The molecule has 0 amide bonds. The fraction of sp³-hybridized carbons (Fsp3) is 0.265. The number of ether oxygens (including phenoxy) is 2. The number of hydrogen-bond acceptors (Lipinski definition) is 11. The summed E-state index contributed by atoms with van der Waals surface area (Å²) in [6, 6.07) is 25.0. The number of nitrogens with one attached hydrogen (secondary N) is 2. The minimum Gasteiger partial charge on any atom is -0.497 e. The van der Waals surface area contributed by atoms with Crippen LogP contribution in [0, 0.1) is 0 Å². The molecule has 1 aliphatic heterocycles. The van der Waals surface area contributed by atoms with Crippen LogP contribution < -0.4 is 25.2 Å². The molecule has 13 nitrogen and oxygen atoms in total. The highest BCUT2D eigenvalue weighted by Crippen LogP contribution is 2.44. The SMILES string of the molecule is COc1ccc(CNS(=O)(=O)c2c(S(=O)(=O)CCN)ccc(C3CCNc4ccccc43)c2-c2nnn(Cc3ccc(OC)cc3)n2)cc1. The van der Waals surface area contributed by atoms with Gasteiger partial charge in [0.15, 0.2) is 9.84 Å². The number of rotatable bonds is 13. The first-order chi connectivity index (χ1) is 23.6. The summed E-state index contributed by atoms with van der Waals surface area (Å²) in [6.45, 7) is 0.533. The topological polar surface area (TPSA) is 180 Å². The van der Waals surface area contributed by atoms with Crippen LogP contribution >= 0.6 is 0 Å². The Morgan fingerprint density at radius 1 is 0.878 bits per heavy atom. The van der Waals surface area contributed by atoms with Crippen molar-refractivity contribution < 1.29 is 26.3 Å². The van der Waals surface area contributed by atoms with Gasteiger partial charge in [-0.15, -0.1) is 10.2 Å². The van der Waals surface area contributed by atoms with Crippen molar-refractivity contribution in [3.05, 3.63) is 107 Å². The summed E-state index contributed by atoms with van der Waals surface area (Å²) in [7, 11) is -5.58. The van der Waals surface area contributed by atoms with Crippen LogP contribution in [-0.2, 0) is 33.0 Å². The number of para-hydroxylation sites is 1. The van der Waals surface area contributed by atoms with E-state index in [9.17, 15) is 16.8 Å². The first-order valence-electron chi connectivity index (χ1n) is 15.6. The van der Waals surface area contributed by atoms with Crippen molar-refractivity contribution in [2.45, 2.75) is 35.2 Å². The highest BCUT2D eigenvalue weighted by atomic mass is 32.2. The van der Waals surface area contributed by atoms with Crippen molar-refractivity contribution in [1.82, 2.24) is 24.9 Å². The lowest BCUT2D eigenvalue weighted by Crippen LogP contribution is -2.28. The molecule has 0 aliphatic carbocycles. The number of nitrogens with zero attached hydrogens (tertiary/aromatic N) is 4. The van der Waals surface area contributed by atoms with Gasteiger partial charge < -0.3 is 20.5 Å². The normalized spacial score (nSPS) is 14.6. The highest BCUT2D eigenvalue weighted by Gasteiger charge is 2.36. The molecule has 0 bridgehead atoms. The lowest BCUT2D eigenvalue weighted by Gasteiger charge is -2.29. The van der Waals surface area contributed by atoms with Crippen molar-refractivity contribution in [1.29, 1.82) is 0 Å². The quantitative estimate of drug-likeness (QED) is 0.163. The molecule has 49 heavy (non-hydrogen) atoms. The summed E-state index contributed by atoms with van der Waals surface area (Å²) < 4.78 is 69.6. The summed E-state index contributed by atoms with van der Waals surface area (Å²) in [6.07, 6.45) is 0.609. The molecule has 1 atom stereocenters. The molecule has 0 fully saturated rings. The molecule has 4 aromatic carbocycles. The molecule has 2 heterocycles. The van der Waals surface area contributed by atoms with Crippen molar-refractivity contribution in [2.75, 3.05) is 38.4 Å². The second-order valence-corrected chi connectivity index (χ2v) is 15.3. The molecule has 1 aliphatic rings. The number of sulfonamides is 1. The van der Waals surface area contributed by atoms with Gasteiger partial charge in [-0.3, -0.25) is 0 Å². The van der Waals surface area contributed by atoms with Crippen molar-refractivity contribution >= 4 is 25.5 Å². The summed E-state index contributed by atoms with van der Waals surface area (Å²) in [5.41, 5.74) is 9.68. The Hall–Kier alpha value is -4.83. The summed E-state index contributed by atoms with van der Waals surface area (Å²) in [4.78, 5) is 0.527. The Bertz CT molecular complexity index is 2150. The maximum absolute atomic E-state index is 14.5. The number of anilines is 1. The van der Waals surface area contributed by atoms with Crippen LogP contribution in [0.1, 0.15) is 34.6 Å². The Labute approximate surface area is 285 Å². The van der Waals surface area contributed by atoms with Crippen molar-refractivity contribution in [3.8, 4) is 22.9 Å². The van der Waals surface area contributed by atoms with Crippen LogP contribution in [0.2, 0.25) is 0 Å². The van der Waals surface area contributed by atoms with Crippen molar-refractivity contribution in [2.24, 2.45) is 5.73 Å². The van der Waals surface area contributed by atoms with E-state index in [0.717, 1.165) is 16.8 Å². The number of tetrazole rings is 1. The van der Waals surface area contributed by atoms with Crippen LogP contribution in [0.4, 0.5) is 5.69 Å². The molecular weight excluding hydrogens is 667 g/mol. The van der Waals surface area contributed by atoms with E-state index in [1.807, 2.05) is 48.5 Å². The standard InChI is InChI=1S/C34H37N7O6S2/c1-46-25-11-7-23(8-12-25)21-37-49(44,45)33-31(48(42,43)20-18-35)16-15-29(27-17-19-36-30-6-4-3-5-28(27)30)32(33)34-38-40-41(39-34)22-24-9-13-26(47-2)14-10-24/h3-16,27,36-37H,17-22,35H2,1-2H3. The molecule has 6 rings (SSSR count). The highest BCUT2D eigenvalue weighted by molar-refractivity contribution is 7.93. The van der Waals surface area contributed by atoms with Gasteiger partial charge in [0.25, 0.3) is 0 Å². The van der Waals surface area contributed by atoms with Gasteiger partial charge >= 0.3 is 0 Å². The minimum atomic E-state index is -4.53. The molecule has 0 saturated carbocycles. The summed E-state index contributed by atoms with van der Waals surface area (Å²) in [5.74, 6) is 0.524. The molecule has 5 aromatic rings. The van der Waals surface area contributed by atoms with Crippen LogP contribution in [0.25, 0.3) is 11.4 Å². The Morgan fingerprint density at radius 2 is 1.55 bits per heavy atom. The summed E-state index contributed by atoms with van der Waals surface area (Å²) >= 11 is 0. The van der Waals surface area contributed by atoms with Gasteiger partial charge in [-0.2, -0.15) is 4.80 Å². The first-order valence-corrected chi connectivity index (χ1v) is 18.7. The zero-order valence-corrected chi connectivity index (χ0v) is 28.7. The van der Waals surface area contributed by atoms with Crippen LogP contribution in [0.5, 0.6) is 11.5 Å². The van der Waals surface area contributed by atoms with E-state index < -0.39 is 30.5 Å². The maximum Gasteiger partial charge on any atom is 0.242 e. The smallest absolute Gasteiger partial charge is 0.242 e. The lowest BCUT2D eigenvalue weighted by atomic mass is 9.82. The fourth-order valence-corrected chi connectivity index (χ4v) is 9.18. The zero-order valence-electron chi connectivity index (χ0n) is 27.0. The number of hydrogen-bond donors (Lipinski definition) is 3. The maximum atomic E-state index is 14.5. The number of fused-ring (bicyclic) bond motifs is 1. The molecule has 256 valence electrons. The van der Waals surface area contributed by atoms with E-state index in [1.165, 1.54) is 18.0 Å². The van der Waals surface area contributed by atoms with Crippen LogP contribution in [0.3, 0.4) is 0 Å². The number of methoxy groups -OCH3 is 2. The number of benzene rings is 4. The molecule has 4 N–H and O–H groups in total. The number of nitrogens with two attached hydrogens (primary N) is 1. The van der Waals surface area contributed by atoms with Crippen LogP contribution in [0.15, 0.2) is 94.7 Å². The second kappa shape index (κ2) is 14.3. The fourth-order valence-electron chi connectivity index (χ4n) is 5.97. The average Bonchev–Trinajstić information content (AvgIpc) is 3.58. The molecule has 0 spiro atoms. The van der Waals surface area contributed by atoms with Crippen LogP contribution in [-0.4, -0.2) is 70.1 Å². The third-order valence-corrected chi connectivity index (χ3v) is 11.8. The Kier molecular flexibility index (Phi) is 9.96. The molecule has 1 unspecified atom stereocenters. The third-order valence-electron chi connectivity index (χ3n) is 8.39. The number of aromatic nitrogens is 4. The van der Waals surface area contributed by atoms with Gasteiger partial charge in [0.2, 0.25) is 15.8 Å². The zero-order chi connectivity index (χ0) is 34.6. The second-order valence-electron chi connectivity index (χ2n) is 11.5. The molecular formula is C34H37N7O6S2. The van der Waals surface area contributed by atoms with Gasteiger partial charge in [-0.05, 0) is 70.3 Å². The van der Waals surface area contributed by atoms with E-state index >= 15 is 0 Å². The molecule has 1 aromatic heterocycles. The summed E-state index contributed by atoms with van der Waals surface area (Å²) in [5, 5.41) is 16.6. The Morgan fingerprint density at radius 3 is 2.22 bits per heavy atom. The molecule has 15 heteroatoms.